The minimum atomic E-state index is 0.513. The van der Waals surface area contributed by atoms with E-state index in [1.165, 1.54) is 44.9 Å². The largest absolute Gasteiger partial charge is 0.339 e. The second-order valence-electron chi connectivity index (χ2n) is 7.54. The van der Waals surface area contributed by atoms with Gasteiger partial charge in [-0.2, -0.15) is 10.1 Å². The minimum absolute atomic E-state index is 0.513. The Kier molecular flexibility index (Phi) is 9.12. The van der Waals surface area contributed by atoms with E-state index in [1.54, 1.807) is 0 Å². The number of unbranched alkanes of at least 4 members (excludes halogenated alkanes) is 7. The molecule has 1 aromatic heterocycles. The van der Waals surface area contributed by atoms with E-state index in [9.17, 15) is 0 Å². The van der Waals surface area contributed by atoms with E-state index in [4.69, 9.17) is 4.52 Å². The molecule has 0 saturated carbocycles. The molecule has 0 unspecified atom stereocenters. The molecule has 0 spiro atoms. The number of benzene rings is 2. The molecule has 158 valence electrons. The van der Waals surface area contributed by atoms with Gasteiger partial charge in [-0.1, -0.05) is 106 Å². The van der Waals surface area contributed by atoms with Crippen LogP contribution < -0.4 is 5.43 Å². The van der Waals surface area contributed by atoms with Crippen molar-refractivity contribution < 1.29 is 4.52 Å². The lowest BCUT2D eigenvalue weighted by Crippen LogP contribution is -2.08. The van der Waals surface area contributed by atoms with Crippen molar-refractivity contribution in [2.45, 2.75) is 64.7 Å². The van der Waals surface area contributed by atoms with Crippen molar-refractivity contribution in [3.8, 4) is 0 Å². The molecule has 0 aliphatic rings. The van der Waals surface area contributed by atoms with Crippen LogP contribution in [0.1, 0.15) is 75.6 Å². The summed E-state index contributed by atoms with van der Waals surface area (Å²) < 4.78 is 5.51. The quantitative estimate of drug-likeness (QED) is 0.198. The summed E-state index contributed by atoms with van der Waals surface area (Å²) in [4.78, 5) is 4.61. The fourth-order valence-electron chi connectivity index (χ4n) is 3.34. The Labute approximate surface area is 179 Å². The molecular formula is C25H32N4O. The number of aryl methyl sites for hydroxylation is 1. The van der Waals surface area contributed by atoms with Crippen LogP contribution in [0.5, 0.6) is 0 Å². The zero-order chi connectivity index (χ0) is 20.9. The predicted octanol–water partition coefficient (Wildman–Crippen LogP) is 6.62. The smallest absolute Gasteiger partial charge is 0.227 e. The molecule has 0 amide bonds. The van der Waals surface area contributed by atoms with Gasteiger partial charge in [-0.25, -0.2) is 0 Å². The van der Waals surface area contributed by atoms with Gasteiger partial charge in [-0.15, -0.1) is 0 Å². The van der Waals surface area contributed by atoms with Gasteiger partial charge in [0.1, 0.15) is 5.71 Å². The van der Waals surface area contributed by atoms with Crippen molar-refractivity contribution >= 4 is 11.4 Å². The van der Waals surface area contributed by atoms with Crippen LogP contribution in [0.3, 0.4) is 0 Å². The molecule has 3 aromatic rings. The molecule has 0 fully saturated rings. The van der Waals surface area contributed by atoms with Crippen LogP contribution >= 0.6 is 0 Å². The Balaban J connectivity index is 1.58. The van der Waals surface area contributed by atoms with E-state index in [0.29, 0.717) is 17.4 Å². The third kappa shape index (κ3) is 7.14. The SMILES string of the molecule is CCCCCCCCCCc1nc(/C(=N\Nc2ccccc2)c2ccccc2)no1. The second-order valence-corrected chi connectivity index (χ2v) is 7.54. The van der Waals surface area contributed by atoms with Gasteiger partial charge in [-0.05, 0) is 18.6 Å². The standard InChI is InChI=1S/C25H32N4O/c1-2-3-4-5-6-7-8-15-20-23-26-25(29-30-23)24(21-16-11-9-12-17-21)28-27-22-18-13-10-14-19-22/h9-14,16-19,27H,2-8,15,20H2,1H3/b28-24-. The molecule has 0 bridgehead atoms. The molecule has 3 rings (SSSR count). The first kappa shape index (κ1) is 21.8. The predicted molar refractivity (Wildman–Crippen MR) is 123 cm³/mol. The summed E-state index contributed by atoms with van der Waals surface area (Å²) >= 11 is 0. The lowest BCUT2D eigenvalue weighted by atomic mass is 10.1. The first-order chi connectivity index (χ1) is 14.9. The highest BCUT2D eigenvalue weighted by Gasteiger charge is 2.15. The molecule has 1 heterocycles. The fraction of sp³-hybridized carbons (Fsp3) is 0.400. The summed E-state index contributed by atoms with van der Waals surface area (Å²) in [7, 11) is 0. The van der Waals surface area contributed by atoms with Crippen molar-refractivity contribution in [2.75, 3.05) is 5.43 Å². The number of hydrogen-bond acceptors (Lipinski definition) is 5. The first-order valence-electron chi connectivity index (χ1n) is 11.1. The lowest BCUT2D eigenvalue weighted by molar-refractivity contribution is 0.371. The Morgan fingerprint density at radius 1 is 0.833 bits per heavy atom. The summed E-state index contributed by atoms with van der Waals surface area (Å²) in [5.74, 6) is 1.19. The van der Waals surface area contributed by atoms with Gasteiger partial charge < -0.3 is 4.52 Å². The number of hydrogen-bond donors (Lipinski definition) is 1. The maximum Gasteiger partial charge on any atom is 0.227 e. The van der Waals surface area contributed by atoms with Gasteiger partial charge in [0.25, 0.3) is 0 Å². The van der Waals surface area contributed by atoms with Gasteiger partial charge >= 0.3 is 0 Å². The Hall–Kier alpha value is -2.95. The molecule has 1 N–H and O–H groups in total. The van der Waals surface area contributed by atoms with Gasteiger partial charge in [-0.3, -0.25) is 5.43 Å². The normalized spacial score (nSPS) is 11.6. The summed E-state index contributed by atoms with van der Waals surface area (Å²) in [6.45, 7) is 2.25. The van der Waals surface area contributed by atoms with Crippen LogP contribution in [0.4, 0.5) is 5.69 Å². The van der Waals surface area contributed by atoms with Gasteiger partial charge in [0, 0.05) is 12.0 Å². The molecule has 30 heavy (non-hydrogen) atoms. The third-order valence-corrected chi connectivity index (χ3v) is 5.04. The number of anilines is 1. The molecule has 5 nitrogen and oxygen atoms in total. The summed E-state index contributed by atoms with van der Waals surface area (Å²) in [6, 6.07) is 19.8. The molecule has 0 radical (unpaired) electrons. The van der Waals surface area contributed by atoms with E-state index in [2.05, 4.69) is 27.6 Å². The van der Waals surface area contributed by atoms with Crippen molar-refractivity contribution in [1.29, 1.82) is 0 Å². The molecule has 5 heteroatoms. The van der Waals surface area contributed by atoms with Crippen LogP contribution in [0, 0.1) is 0 Å². The molecule has 0 atom stereocenters. The molecule has 0 aliphatic carbocycles. The summed E-state index contributed by atoms with van der Waals surface area (Å²) in [5, 5.41) is 8.77. The first-order valence-corrected chi connectivity index (χ1v) is 11.1. The number of nitrogens with one attached hydrogen (secondary N) is 1. The van der Waals surface area contributed by atoms with Gasteiger partial charge in [0.05, 0.1) is 5.69 Å². The number of para-hydroxylation sites is 1. The highest BCUT2D eigenvalue weighted by molar-refractivity contribution is 6.10. The zero-order valence-corrected chi connectivity index (χ0v) is 17.9. The number of hydrazone groups is 1. The summed E-state index contributed by atoms with van der Waals surface area (Å²) in [6.07, 6.45) is 11.1. The van der Waals surface area contributed by atoms with Gasteiger partial charge in [0.15, 0.2) is 0 Å². The maximum absolute atomic E-state index is 5.51. The lowest BCUT2D eigenvalue weighted by Gasteiger charge is -2.04. The van der Waals surface area contributed by atoms with Crippen LogP contribution in [-0.2, 0) is 6.42 Å². The van der Waals surface area contributed by atoms with E-state index < -0.39 is 0 Å². The fourth-order valence-corrected chi connectivity index (χ4v) is 3.34. The topological polar surface area (TPSA) is 63.3 Å². The average molecular weight is 405 g/mol. The van der Waals surface area contributed by atoms with Crippen molar-refractivity contribution in [3.63, 3.8) is 0 Å². The second kappa shape index (κ2) is 12.6. The number of nitrogens with zero attached hydrogens (tertiary/aromatic N) is 3. The molecule has 0 aliphatic heterocycles. The van der Waals surface area contributed by atoms with Crippen molar-refractivity contribution in [1.82, 2.24) is 10.1 Å². The monoisotopic (exact) mass is 404 g/mol. The number of rotatable bonds is 13. The van der Waals surface area contributed by atoms with Crippen LogP contribution in [0.2, 0.25) is 0 Å². The van der Waals surface area contributed by atoms with Crippen molar-refractivity contribution in [2.24, 2.45) is 5.10 Å². The average Bonchev–Trinajstić information content (AvgIpc) is 3.26. The molecular weight excluding hydrogens is 372 g/mol. The molecule has 2 aromatic carbocycles. The Morgan fingerprint density at radius 2 is 1.47 bits per heavy atom. The number of aromatic nitrogens is 2. The van der Waals surface area contributed by atoms with E-state index >= 15 is 0 Å². The Morgan fingerprint density at radius 3 is 2.17 bits per heavy atom. The molecule has 0 saturated heterocycles. The third-order valence-electron chi connectivity index (χ3n) is 5.04. The maximum atomic E-state index is 5.51. The summed E-state index contributed by atoms with van der Waals surface area (Å²) in [5.41, 5.74) is 5.63. The minimum Gasteiger partial charge on any atom is -0.339 e. The van der Waals surface area contributed by atoms with E-state index in [-0.39, 0.29) is 0 Å². The highest BCUT2D eigenvalue weighted by Crippen LogP contribution is 2.14. The van der Waals surface area contributed by atoms with E-state index in [1.807, 2.05) is 60.7 Å². The zero-order valence-electron chi connectivity index (χ0n) is 17.9. The van der Waals surface area contributed by atoms with Crippen LogP contribution in [0.25, 0.3) is 0 Å². The van der Waals surface area contributed by atoms with Crippen LogP contribution in [-0.4, -0.2) is 15.9 Å². The van der Waals surface area contributed by atoms with E-state index in [0.717, 1.165) is 24.1 Å². The van der Waals surface area contributed by atoms with Crippen molar-refractivity contribution in [3.05, 3.63) is 77.9 Å². The Bertz CT molecular complexity index is 874. The highest BCUT2D eigenvalue weighted by atomic mass is 16.5. The van der Waals surface area contributed by atoms with Crippen LogP contribution in [0.15, 0.2) is 70.3 Å². The van der Waals surface area contributed by atoms with Gasteiger partial charge in [0.2, 0.25) is 11.7 Å².